The van der Waals surface area contributed by atoms with Gasteiger partial charge in [0.1, 0.15) is 0 Å². The average molecular weight is 292 g/mol. The number of nitro groups is 1. The average Bonchev–Trinajstić information content (AvgIpc) is 2.36. The Morgan fingerprint density at radius 2 is 2.25 bits per heavy atom. The summed E-state index contributed by atoms with van der Waals surface area (Å²) in [4.78, 5) is 26.1. The largest absolute Gasteiger partial charge is 0.481 e. The van der Waals surface area contributed by atoms with E-state index in [0.29, 0.717) is 15.8 Å². The van der Waals surface area contributed by atoms with Crippen molar-refractivity contribution < 1.29 is 14.8 Å². The molecule has 0 aliphatic carbocycles. The Labute approximate surface area is 119 Å². The lowest BCUT2D eigenvalue weighted by atomic mass is 10.2. The van der Waals surface area contributed by atoms with Gasteiger partial charge in [-0.2, -0.15) is 0 Å². The van der Waals surface area contributed by atoms with Crippen LogP contribution < -0.4 is 0 Å². The lowest BCUT2D eigenvalue weighted by molar-refractivity contribution is -0.385. The molecule has 0 saturated heterocycles. The van der Waals surface area contributed by atoms with Gasteiger partial charge in [-0.05, 0) is 24.3 Å². The van der Waals surface area contributed by atoms with Gasteiger partial charge in [-0.15, -0.1) is 11.8 Å². The molecule has 1 unspecified atom stereocenters. The molecule has 20 heavy (non-hydrogen) atoms. The summed E-state index contributed by atoms with van der Waals surface area (Å²) in [7, 11) is 0. The van der Waals surface area contributed by atoms with Crippen molar-refractivity contribution in [2.75, 3.05) is 0 Å². The molecule has 7 heteroatoms. The lowest BCUT2D eigenvalue weighted by Gasteiger charge is -2.10. The van der Waals surface area contributed by atoms with Crippen molar-refractivity contribution in [2.24, 2.45) is 0 Å². The number of thioether (sulfide) groups is 1. The van der Waals surface area contributed by atoms with Crippen LogP contribution >= 0.6 is 11.8 Å². The molecule has 2 aromatic rings. The molecular weight excluding hydrogens is 280 g/mol. The van der Waals surface area contributed by atoms with Gasteiger partial charge >= 0.3 is 5.97 Å². The Hall–Kier alpha value is -2.15. The third kappa shape index (κ3) is 3.05. The third-order valence-corrected chi connectivity index (χ3v) is 3.84. The minimum atomic E-state index is -0.921. The van der Waals surface area contributed by atoms with Crippen LogP contribution in [0.1, 0.15) is 13.3 Å². The summed E-state index contributed by atoms with van der Waals surface area (Å²) in [5.41, 5.74) is 0.535. The molecular formula is C13H12N2O4S. The topological polar surface area (TPSA) is 93.3 Å². The van der Waals surface area contributed by atoms with E-state index in [2.05, 4.69) is 4.98 Å². The van der Waals surface area contributed by atoms with Crippen molar-refractivity contribution in [3.8, 4) is 0 Å². The van der Waals surface area contributed by atoms with E-state index in [-0.39, 0.29) is 17.4 Å². The maximum absolute atomic E-state index is 11.3. The van der Waals surface area contributed by atoms with Crippen LogP contribution in [0.3, 0.4) is 0 Å². The van der Waals surface area contributed by atoms with Crippen LogP contribution in [0.2, 0.25) is 0 Å². The number of hydrogen-bond acceptors (Lipinski definition) is 5. The summed E-state index contributed by atoms with van der Waals surface area (Å²) in [5, 5.41) is 20.3. The van der Waals surface area contributed by atoms with Gasteiger partial charge < -0.3 is 5.11 Å². The van der Waals surface area contributed by atoms with E-state index in [1.54, 1.807) is 37.4 Å². The monoisotopic (exact) mass is 292 g/mol. The summed E-state index contributed by atoms with van der Waals surface area (Å²) < 4.78 is 0. The number of aliphatic carboxylic acids is 1. The maximum Gasteiger partial charge on any atom is 0.304 e. The highest BCUT2D eigenvalue weighted by Gasteiger charge is 2.21. The molecule has 1 atom stereocenters. The van der Waals surface area contributed by atoms with E-state index in [0.717, 1.165) is 0 Å². The quantitative estimate of drug-likeness (QED) is 0.517. The van der Waals surface area contributed by atoms with Crippen molar-refractivity contribution in [3.05, 3.63) is 40.6 Å². The van der Waals surface area contributed by atoms with E-state index >= 15 is 0 Å². The molecule has 104 valence electrons. The second-order valence-corrected chi connectivity index (χ2v) is 5.75. The summed E-state index contributed by atoms with van der Waals surface area (Å²) in [6, 6.07) is 6.62. The third-order valence-electron chi connectivity index (χ3n) is 2.69. The predicted molar refractivity (Wildman–Crippen MR) is 76.0 cm³/mol. The Morgan fingerprint density at radius 1 is 1.50 bits per heavy atom. The molecule has 0 bridgehead atoms. The fourth-order valence-corrected chi connectivity index (χ4v) is 3.01. The number of carbonyl (C=O) groups is 1. The SMILES string of the molecule is CC(CC(=O)O)Sc1ccc2ncccc2c1[N+](=O)[O-]. The molecule has 0 aliphatic heterocycles. The minimum absolute atomic E-state index is 0.0159. The Balaban J connectivity index is 2.45. The molecule has 2 rings (SSSR count). The van der Waals surface area contributed by atoms with Gasteiger partial charge in [-0.1, -0.05) is 6.92 Å². The summed E-state index contributed by atoms with van der Waals surface area (Å²) in [5.74, 6) is -0.921. The van der Waals surface area contributed by atoms with Crippen molar-refractivity contribution in [1.29, 1.82) is 0 Å². The molecule has 1 heterocycles. The van der Waals surface area contributed by atoms with Gasteiger partial charge in [0.25, 0.3) is 5.69 Å². The second-order valence-electron chi connectivity index (χ2n) is 4.27. The number of fused-ring (bicyclic) bond motifs is 1. The highest BCUT2D eigenvalue weighted by atomic mass is 32.2. The molecule has 1 aromatic carbocycles. The maximum atomic E-state index is 11.3. The molecule has 0 radical (unpaired) electrons. The van der Waals surface area contributed by atoms with E-state index in [9.17, 15) is 14.9 Å². The number of aromatic nitrogens is 1. The molecule has 0 spiro atoms. The van der Waals surface area contributed by atoms with Crippen molar-refractivity contribution in [2.45, 2.75) is 23.5 Å². The highest BCUT2D eigenvalue weighted by Crippen LogP contribution is 2.37. The van der Waals surface area contributed by atoms with Crippen LogP contribution in [0.4, 0.5) is 5.69 Å². The predicted octanol–water partition coefficient (Wildman–Crippen LogP) is 3.10. The van der Waals surface area contributed by atoms with Gasteiger partial charge in [0.05, 0.1) is 27.1 Å². The highest BCUT2D eigenvalue weighted by molar-refractivity contribution is 8.00. The number of pyridine rings is 1. The second kappa shape index (κ2) is 5.87. The lowest BCUT2D eigenvalue weighted by Crippen LogP contribution is -2.06. The van der Waals surface area contributed by atoms with Crippen LogP contribution in [-0.2, 0) is 4.79 Å². The van der Waals surface area contributed by atoms with Gasteiger partial charge in [0, 0.05) is 11.4 Å². The van der Waals surface area contributed by atoms with Crippen LogP contribution in [-0.4, -0.2) is 26.2 Å². The molecule has 0 saturated carbocycles. The number of nitrogens with zero attached hydrogens (tertiary/aromatic N) is 2. The Bertz CT molecular complexity index is 674. The Morgan fingerprint density at radius 3 is 2.90 bits per heavy atom. The van der Waals surface area contributed by atoms with Crippen LogP contribution in [0.15, 0.2) is 35.4 Å². The zero-order valence-corrected chi connectivity index (χ0v) is 11.5. The van der Waals surface area contributed by atoms with Crippen molar-refractivity contribution in [1.82, 2.24) is 4.98 Å². The number of benzene rings is 1. The summed E-state index contributed by atoms with van der Waals surface area (Å²) in [6.45, 7) is 1.73. The smallest absolute Gasteiger partial charge is 0.304 e. The van der Waals surface area contributed by atoms with Gasteiger partial charge in [0.15, 0.2) is 0 Å². The minimum Gasteiger partial charge on any atom is -0.481 e. The molecule has 1 aromatic heterocycles. The summed E-state index contributed by atoms with van der Waals surface area (Å²) in [6.07, 6.45) is 1.53. The number of carboxylic acid groups (broad SMARTS) is 1. The number of carboxylic acids is 1. The summed E-state index contributed by atoms with van der Waals surface area (Å²) >= 11 is 1.19. The normalized spacial score (nSPS) is 12.2. The first-order valence-electron chi connectivity index (χ1n) is 5.89. The first-order chi connectivity index (χ1) is 9.49. The van der Waals surface area contributed by atoms with E-state index in [4.69, 9.17) is 5.11 Å². The Kier molecular flexibility index (Phi) is 4.19. The first-order valence-corrected chi connectivity index (χ1v) is 6.77. The molecule has 1 N–H and O–H groups in total. The van der Waals surface area contributed by atoms with Crippen LogP contribution in [0.5, 0.6) is 0 Å². The van der Waals surface area contributed by atoms with Crippen LogP contribution in [0.25, 0.3) is 10.9 Å². The molecule has 6 nitrogen and oxygen atoms in total. The van der Waals surface area contributed by atoms with Crippen LogP contribution in [0, 0.1) is 10.1 Å². The van der Waals surface area contributed by atoms with Gasteiger partial charge in [-0.25, -0.2) is 0 Å². The number of rotatable bonds is 5. The molecule has 0 aliphatic rings. The first kappa shape index (κ1) is 14.3. The van der Waals surface area contributed by atoms with Gasteiger partial charge in [-0.3, -0.25) is 19.9 Å². The van der Waals surface area contributed by atoms with Crippen molar-refractivity contribution >= 4 is 34.3 Å². The number of hydrogen-bond donors (Lipinski definition) is 1. The van der Waals surface area contributed by atoms with Gasteiger partial charge in [0.2, 0.25) is 0 Å². The standard InChI is InChI=1S/C13H12N2O4S/c1-8(7-12(16)17)20-11-5-4-10-9(3-2-6-14-10)13(11)15(18)19/h2-6,8H,7H2,1H3,(H,16,17). The van der Waals surface area contributed by atoms with E-state index < -0.39 is 10.9 Å². The zero-order valence-electron chi connectivity index (χ0n) is 10.6. The molecule has 0 fully saturated rings. The zero-order chi connectivity index (χ0) is 14.7. The molecule has 0 amide bonds. The number of nitro benzene ring substituents is 1. The fourth-order valence-electron chi connectivity index (χ4n) is 1.90. The van der Waals surface area contributed by atoms with E-state index in [1.165, 1.54) is 11.8 Å². The fraction of sp³-hybridized carbons (Fsp3) is 0.231. The van der Waals surface area contributed by atoms with E-state index in [1.807, 2.05) is 0 Å². The van der Waals surface area contributed by atoms with Crippen molar-refractivity contribution in [3.63, 3.8) is 0 Å².